The van der Waals surface area contributed by atoms with E-state index in [2.05, 4.69) is 41.5 Å². The summed E-state index contributed by atoms with van der Waals surface area (Å²) in [7, 11) is 0. The van der Waals surface area contributed by atoms with Crippen LogP contribution in [0.3, 0.4) is 0 Å². The van der Waals surface area contributed by atoms with Crippen LogP contribution in [0.4, 0.5) is 5.13 Å². The molecule has 0 spiro atoms. The molecule has 1 atom stereocenters. The summed E-state index contributed by atoms with van der Waals surface area (Å²) >= 11 is 1.51. The van der Waals surface area contributed by atoms with E-state index in [9.17, 15) is 4.79 Å². The van der Waals surface area contributed by atoms with Gasteiger partial charge in [-0.3, -0.25) is 10.1 Å². The highest BCUT2D eigenvalue weighted by atomic mass is 32.1. The number of carbonyl (C=O) groups is 1. The molecule has 2 heterocycles. The fourth-order valence-corrected chi connectivity index (χ4v) is 3.64. The molecule has 4 nitrogen and oxygen atoms in total. The molecule has 0 bridgehead atoms. The lowest BCUT2D eigenvalue weighted by molar-refractivity contribution is -0.124. The minimum absolute atomic E-state index is 0.0823. The minimum atomic E-state index is -0.323. The first-order valence-electron chi connectivity index (χ1n) is 8.16. The van der Waals surface area contributed by atoms with Crippen molar-refractivity contribution in [3.05, 3.63) is 34.7 Å². The number of thiazole rings is 1. The first-order valence-corrected chi connectivity index (χ1v) is 8.98. The van der Waals surface area contributed by atoms with Gasteiger partial charge in [0.05, 0.1) is 5.69 Å². The summed E-state index contributed by atoms with van der Waals surface area (Å²) in [5.41, 5.74) is 3.38. The van der Waals surface area contributed by atoms with Crippen LogP contribution in [0, 0.1) is 6.92 Å². The van der Waals surface area contributed by atoms with Crippen molar-refractivity contribution in [1.29, 1.82) is 0 Å². The van der Waals surface area contributed by atoms with Crippen LogP contribution in [-0.2, 0) is 16.0 Å². The van der Waals surface area contributed by atoms with Gasteiger partial charge in [0.2, 0.25) is 0 Å². The fraction of sp³-hybridized carbons (Fsp3) is 0.444. The van der Waals surface area contributed by atoms with E-state index in [4.69, 9.17) is 4.74 Å². The summed E-state index contributed by atoms with van der Waals surface area (Å²) in [6, 6.07) is 8.53. The van der Waals surface area contributed by atoms with Crippen LogP contribution in [-0.4, -0.2) is 23.6 Å². The number of benzene rings is 1. The second-order valence-electron chi connectivity index (χ2n) is 5.86. The predicted molar refractivity (Wildman–Crippen MR) is 93.9 cm³/mol. The van der Waals surface area contributed by atoms with E-state index >= 15 is 0 Å². The first-order chi connectivity index (χ1) is 11.2. The molecule has 2 aromatic rings. The smallest absolute Gasteiger partial charge is 0.255 e. The quantitative estimate of drug-likeness (QED) is 0.894. The van der Waals surface area contributed by atoms with Crippen molar-refractivity contribution in [2.75, 3.05) is 11.9 Å². The zero-order valence-corrected chi connectivity index (χ0v) is 14.4. The van der Waals surface area contributed by atoms with Crippen LogP contribution in [0.2, 0.25) is 0 Å². The molecule has 3 rings (SSSR count). The molecule has 0 saturated carbocycles. The van der Waals surface area contributed by atoms with Crippen LogP contribution in [0.5, 0.6) is 0 Å². The van der Waals surface area contributed by atoms with Crippen molar-refractivity contribution >= 4 is 22.4 Å². The lowest BCUT2D eigenvalue weighted by Gasteiger charge is -2.07. The summed E-state index contributed by atoms with van der Waals surface area (Å²) in [6.07, 6.45) is 3.66. The number of hydrogen-bond acceptors (Lipinski definition) is 4. The Morgan fingerprint density at radius 3 is 2.83 bits per heavy atom. The third kappa shape index (κ3) is 3.79. The van der Waals surface area contributed by atoms with Gasteiger partial charge >= 0.3 is 0 Å². The van der Waals surface area contributed by atoms with Crippen molar-refractivity contribution in [2.45, 2.75) is 45.6 Å². The predicted octanol–water partition coefficient (Wildman–Crippen LogP) is 4.19. The molecule has 1 aromatic carbocycles. The van der Waals surface area contributed by atoms with Crippen molar-refractivity contribution < 1.29 is 9.53 Å². The Kier molecular flexibility index (Phi) is 5.08. The molecule has 122 valence electrons. The SMILES string of the molecule is CCCc1ccc(-c2nc(NC(=O)C3CCCO3)sc2C)cc1. The standard InChI is InChI=1S/C18H22N2O2S/c1-3-5-13-7-9-14(10-8-13)16-12(2)23-18(19-16)20-17(21)15-6-4-11-22-15/h7-10,15H,3-6,11H2,1-2H3,(H,19,20,21). The molecule has 1 saturated heterocycles. The molecule has 1 aromatic heterocycles. The maximum atomic E-state index is 12.1. The summed E-state index contributed by atoms with van der Waals surface area (Å²) in [5, 5.41) is 3.54. The van der Waals surface area contributed by atoms with Crippen LogP contribution in [0.25, 0.3) is 11.3 Å². The third-order valence-corrected chi connectivity index (χ3v) is 4.90. The van der Waals surface area contributed by atoms with Gasteiger partial charge in [0.1, 0.15) is 6.10 Å². The number of anilines is 1. The normalized spacial score (nSPS) is 17.4. The van der Waals surface area contributed by atoms with Crippen molar-refractivity contribution in [2.24, 2.45) is 0 Å². The largest absolute Gasteiger partial charge is 0.368 e. The van der Waals surface area contributed by atoms with Gasteiger partial charge < -0.3 is 4.74 Å². The Hall–Kier alpha value is -1.72. The van der Waals surface area contributed by atoms with Gasteiger partial charge in [-0.15, -0.1) is 11.3 Å². The van der Waals surface area contributed by atoms with E-state index in [1.54, 1.807) is 0 Å². The molecule has 0 radical (unpaired) electrons. The minimum Gasteiger partial charge on any atom is -0.368 e. The number of ether oxygens (including phenoxy) is 1. The lowest BCUT2D eigenvalue weighted by atomic mass is 10.1. The third-order valence-electron chi connectivity index (χ3n) is 4.01. The maximum Gasteiger partial charge on any atom is 0.255 e. The summed E-state index contributed by atoms with van der Waals surface area (Å²) in [5.74, 6) is -0.0823. The average molecular weight is 330 g/mol. The highest BCUT2D eigenvalue weighted by Gasteiger charge is 2.24. The van der Waals surface area contributed by atoms with Gasteiger partial charge in [-0.05, 0) is 31.7 Å². The highest BCUT2D eigenvalue weighted by molar-refractivity contribution is 7.16. The Morgan fingerprint density at radius 1 is 1.39 bits per heavy atom. The maximum absolute atomic E-state index is 12.1. The molecule has 0 aliphatic carbocycles. The van der Waals surface area contributed by atoms with E-state index in [0.717, 1.165) is 41.8 Å². The summed E-state index contributed by atoms with van der Waals surface area (Å²) in [6.45, 7) is 4.89. The van der Waals surface area contributed by atoms with E-state index in [1.807, 2.05) is 6.92 Å². The average Bonchev–Trinajstić information content (AvgIpc) is 3.18. The molecule has 1 aliphatic heterocycles. The number of aromatic nitrogens is 1. The lowest BCUT2D eigenvalue weighted by Crippen LogP contribution is -2.26. The zero-order chi connectivity index (χ0) is 16.2. The number of nitrogens with one attached hydrogen (secondary N) is 1. The molecule has 1 aliphatic rings. The van der Waals surface area contributed by atoms with Crippen LogP contribution in [0.15, 0.2) is 24.3 Å². The first kappa shape index (κ1) is 16.1. The molecule has 1 unspecified atom stereocenters. The Labute approximate surface area is 140 Å². The van der Waals surface area contributed by atoms with Gasteiger partial charge in [0.15, 0.2) is 5.13 Å². The van der Waals surface area contributed by atoms with E-state index in [1.165, 1.54) is 16.9 Å². The second kappa shape index (κ2) is 7.23. The topological polar surface area (TPSA) is 51.2 Å². The van der Waals surface area contributed by atoms with E-state index in [-0.39, 0.29) is 12.0 Å². The molecule has 1 fully saturated rings. The number of nitrogens with zero attached hydrogens (tertiary/aromatic N) is 1. The van der Waals surface area contributed by atoms with Gasteiger partial charge in [-0.2, -0.15) is 0 Å². The number of amides is 1. The van der Waals surface area contributed by atoms with Gasteiger partial charge in [-0.1, -0.05) is 37.6 Å². The Morgan fingerprint density at radius 2 is 2.17 bits per heavy atom. The zero-order valence-electron chi connectivity index (χ0n) is 13.6. The Bertz CT molecular complexity index is 673. The van der Waals surface area contributed by atoms with Crippen molar-refractivity contribution in [3.8, 4) is 11.3 Å². The molecule has 1 N–H and O–H groups in total. The number of carbonyl (C=O) groups excluding carboxylic acids is 1. The number of rotatable bonds is 5. The highest BCUT2D eigenvalue weighted by Crippen LogP contribution is 2.31. The van der Waals surface area contributed by atoms with Crippen LogP contribution < -0.4 is 5.32 Å². The van der Waals surface area contributed by atoms with E-state index in [0.29, 0.717) is 11.7 Å². The Balaban J connectivity index is 1.73. The monoisotopic (exact) mass is 330 g/mol. The summed E-state index contributed by atoms with van der Waals surface area (Å²) < 4.78 is 5.41. The number of aryl methyl sites for hydroxylation is 2. The number of hydrogen-bond donors (Lipinski definition) is 1. The summed E-state index contributed by atoms with van der Waals surface area (Å²) in [4.78, 5) is 17.8. The second-order valence-corrected chi connectivity index (χ2v) is 7.06. The molecule has 23 heavy (non-hydrogen) atoms. The van der Waals surface area contributed by atoms with Crippen molar-refractivity contribution in [1.82, 2.24) is 4.98 Å². The van der Waals surface area contributed by atoms with Gasteiger partial charge in [-0.25, -0.2) is 4.98 Å². The molecule has 5 heteroatoms. The fourth-order valence-electron chi connectivity index (χ4n) is 2.81. The van der Waals surface area contributed by atoms with Gasteiger partial charge in [0, 0.05) is 17.0 Å². The molecule has 1 amide bonds. The molecular weight excluding hydrogens is 308 g/mol. The van der Waals surface area contributed by atoms with E-state index < -0.39 is 0 Å². The van der Waals surface area contributed by atoms with Gasteiger partial charge in [0.25, 0.3) is 5.91 Å². The van der Waals surface area contributed by atoms with Crippen LogP contribution >= 0.6 is 11.3 Å². The van der Waals surface area contributed by atoms with Crippen molar-refractivity contribution in [3.63, 3.8) is 0 Å². The van der Waals surface area contributed by atoms with Crippen LogP contribution in [0.1, 0.15) is 36.6 Å². The molecular formula is C18H22N2O2S.